The molecule has 3 aromatic carbocycles. The Bertz CT molecular complexity index is 1240. The molecule has 0 atom stereocenters. The predicted molar refractivity (Wildman–Crippen MR) is 127 cm³/mol. The third kappa shape index (κ3) is 4.79. The Morgan fingerprint density at radius 3 is 1.88 bits per heavy atom. The van der Waals surface area contributed by atoms with Gasteiger partial charge in [-0.2, -0.15) is 0 Å². The Balaban J connectivity index is 2.21. The third-order valence-corrected chi connectivity index (χ3v) is 5.99. The maximum absolute atomic E-state index is 13.5. The number of nitrogens with zero attached hydrogens (tertiary/aromatic N) is 2. The molecule has 3 aromatic rings. The van der Waals surface area contributed by atoms with E-state index in [4.69, 9.17) is 0 Å². The Morgan fingerprint density at radius 1 is 0.844 bits per heavy atom. The summed E-state index contributed by atoms with van der Waals surface area (Å²) in [6.45, 7) is 0. The van der Waals surface area contributed by atoms with Crippen molar-refractivity contribution in [2.75, 3.05) is 4.90 Å². The van der Waals surface area contributed by atoms with Gasteiger partial charge in [-0.15, -0.1) is 0 Å². The molecular formula is C21H11Br3N2O6. The van der Waals surface area contributed by atoms with Gasteiger partial charge in [0.2, 0.25) is 0 Å². The average molecular weight is 627 g/mol. The smallest absolute Gasteiger partial charge is 0.336 e. The summed E-state index contributed by atoms with van der Waals surface area (Å²) in [6.07, 6.45) is 0. The number of nitro benzene ring substituents is 1. The second kappa shape index (κ2) is 9.72. The van der Waals surface area contributed by atoms with Gasteiger partial charge in [0.1, 0.15) is 0 Å². The summed E-state index contributed by atoms with van der Waals surface area (Å²) in [6, 6.07) is 13.5. The third-order valence-electron chi connectivity index (χ3n) is 4.32. The highest BCUT2D eigenvalue weighted by molar-refractivity contribution is 9.11. The van der Waals surface area contributed by atoms with Gasteiger partial charge in [-0.1, -0.05) is 28.1 Å². The molecule has 0 aliphatic carbocycles. The van der Waals surface area contributed by atoms with Crippen LogP contribution in [-0.4, -0.2) is 27.8 Å². The van der Waals surface area contributed by atoms with Gasteiger partial charge < -0.3 is 5.11 Å². The minimum absolute atomic E-state index is 0.00141. The molecular weight excluding hydrogens is 616 g/mol. The maximum atomic E-state index is 13.5. The minimum atomic E-state index is -1.33. The topological polar surface area (TPSA) is 118 Å². The predicted octanol–water partition coefficient (Wildman–Crippen LogP) is 6.07. The van der Waals surface area contributed by atoms with Gasteiger partial charge in [-0.3, -0.25) is 19.7 Å². The number of anilines is 1. The van der Waals surface area contributed by atoms with E-state index in [-0.39, 0.29) is 28.1 Å². The van der Waals surface area contributed by atoms with Crippen LogP contribution in [0.15, 0.2) is 74.1 Å². The van der Waals surface area contributed by atoms with Crippen molar-refractivity contribution in [1.29, 1.82) is 0 Å². The second-order valence-corrected chi connectivity index (χ2v) is 8.94. The number of rotatable bonds is 5. The number of imide groups is 1. The fourth-order valence-corrected chi connectivity index (χ4v) is 5.49. The fraction of sp³-hybridized carbons (Fsp3) is 0. The normalized spacial score (nSPS) is 10.5. The number of benzene rings is 3. The van der Waals surface area contributed by atoms with Crippen molar-refractivity contribution in [3.63, 3.8) is 0 Å². The standard InChI is InChI=1S/C21H11Br3N2O6/c22-12-9-16(23)18(17(24)10-12)25(19(27)11-5-7-13(8-6-11)26(31)32)20(28)14-3-1-2-4-15(14)21(29)30/h1-10H,(H,29,30). The van der Waals surface area contributed by atoms with Gasteiger partial charge in [-0.05, 0) is 68.3 Å². The van der Waals surface area contributed by atoms with Crippen LogP contribution in [0.5, 0.6) is 0 Å². The lowest BCUT2D eigenvalue weighted by atomic mass is 10.0. The zero-order chi connectivity index (χ0) is 23.6. The van der Waals surface area contributed by atoms with E-state index in [0.717, 1.165) is 17.0 Å². The second-order valence-electron chi connectivity index (χ2n) is 6.32. The minimum Gasteiger partial charge on any atom is -0.478 e. The van der Waals surface area contributed by atoms with Crippen LogP contribution in [-0.2, 0) is 0 Å². The molecule has 0 radical (unpaired) electrons. The highest BCUT2D eigenvalue weighted by Crippen LogP contribution is 2.39. The zero-order valence-electron chi connectivity index (χ0n) is 15.8. The van der Waals surface area contributed by atoms with Crippen molar-refractivity contribution in [3.8, 4) is 0 Å². The molecule has 32 heavy (non-hydrogen) atoms. The summed E-state index contributed by atoms with van der Waals surface area (Å²) >= 11 is 10.0. The SMILES string of the molecule is O=C(O)c1ccccc1C(=O)N(C(=O)c1ccc([N+](=O)[O-])cc1)c1c(Br)cc(Br)cc1Br. The molecule has 11 heteroatoms. The lowest BCUT2D eigenvalue weighted by molar-refractivity contribution is -0.384. The molecule has 0 bridgehead atoms. The Kier molecular flexibility index (Phi) is 7.22. The van der Waals surface area contributed by atoms with Gasteiger partial charge in [0.15, 0.2) is 0 Å². The van der Waals surface area contributed by atoms with Crippen LogP contribution in [0.3, 0.4) is 0 Å². The van der Waals surface area contributed by atoms with Crippen molar-refractivity contribution in [2.24, 2.45) is 0 Å². The van der Waals surface area contributed by atoms with Crippen LogP contribution >= 0.6 is 47.8 Å². The summed E-state index contributed by atoms with van der Waals surface area (Å²) < 4.78 is 1.39. The summed E-state index contributed by atoms with van der Waals surface area (Å²) in [5.74, 6) is -3.01. The van der Waals surface area contributed by atoms with E-state index >= 15 is 0 Å². The lowest BCUT2D eigenvalue weighted by Gasteiger charge is -2.24. The Morgan fingerprint density at radius 2 is 1.38 bits per heavy atom. The first-order chi connectivity index (χ1) is 15.1. The highest BCUT2D eigenvalue weighted by atomic mass is 79.9. The number of amides is 2. The monoisotopic (exact) mass is 624 g/mol. The number of carboxylic acid groups (broad SMARTS) is 1. The zero-order valence-corrected chi connectivity index (χ0v) is 20.5. The number of non-ortho nitro benzene ring substituents is 1. The van der Waals surface area contributed by atoms with E-state index in [1.807, 2.05) is 0 Å². The van der Waals surface area contributed by atoms with E-state index in [1.165, 1.54) is 36.4 Å². The maximum Gasteiger partial charge on any atom is 0.336 e. The number of carboxylic acids is 1. The summed E-state index contributed by atoms with van der Waals surface area (Å²) in [5.41, 5.74) is -0.554. The van der Waals surface area contributed by atoms with E-state index in [0.29, 0.717) is 13.4 Å². The first kappa shape index (κ1) is 23.8. The molecule has 0 fully saturated rings. The Labute approximate surface area is 206 Å². The summed E-state index contributed by atoms with van der Waals surface area (Å²) in [5, 5.41) is 20.4. The Hall–Kier alpha value is -2.89. The van der Waals surface area contributed by atoms with Gasteiger partial charge in [-0.25, -0.2) is 9.69 Å². The number of hydrogen-bond acceptors (Lipinski definition) is 5. The molecule has 1 N–H and O–H groups in total. The summed E-state index contributed by atoms with van der Waals surface area (Å²) in [4.78, 5) is 49.8. The first-order valence-corrected chi connectivity index (χ1v) is 11.1. The number of carbonyl (C=O) groups excluding carboxylic acids is 2. The molecule has 162 valence electrons. The van der Waals surface area contributed by atoms with E-state index in [9.17, 15) is 29.6 Å². The molecule has 0 heterocycles. The van der Waals surface area contributed by atoms with Crippen molar-refractivity contribution in [3.05, 3.63) is 101 Å². The number of hydrogen-bond donors (Lipinski definition) is 1. The molecule has 0 aliphatic heterocycles. The van der Waals surface area contributed by atoms with E-state index < -0.39 is 22.7 Å². The van der Waals surface area contributed by atoms with Crippen molar-refractivity contribution >= 4 is 76.9 Å². The number of carbonyl (C=O) groups is 3. The lowest BCUT2D eigenvalue weighted by Crippen LogP contribution is -2.38. The number of aromatic carboxylic acids is 1. The van der Waals surface area contributed by atoms with Crippen LogP contribution < -0.4 is 4.90 Å². The molecule has 0 spiro atoms. The van der Waals surface area contributed by atoms with E-state index in [2.05, 4.69) is 47.8 Å². The molecule has 3 rings (SSSR count). The average Bonchev–Trinajstić information content (AvgIpc) is 2.75. The molecule has 0 saturated heterocycles. The first-order valence-electron chi connectivity index (χ1n) is 8.72. The van der Waals surface area contributed by atoms with Crippen molar-refractivity contribution < 1.29 is 24.4 Å². The molecule has 0 saturated carbocycles. The van der Waals surface area contributed by atoms with Crippen LogP contribution in [0.2, 0.25) is 0 Å². The molecule has 0 aliphatic rings. The van der Waals surface area contributed by atoms with Crippen LogP contribution in [0, 0.1) is 10.1 Å². The summed E-state index contributed by atoms with van der Waals surface area (Å²) in [7, 11) is 0. The van der Waals surface area contributed by atoms with E-state index in [1.54, 1.807) is 12.1 Å². The van der Waals surface area contributed by atoms with Crippen LogP contribution in [0.25, 0.3) is 0 Å². The molecule has 2 amide bonds. The van der Waals surface area contributed by atoms with Gasteiger partial charge >= 0.3 is 5.97 Å². The molecule has 8 nitrogen and oxygen atoms in total. The number of halogens is 3. The van der Waals surface area contributed by atoms with Gasteiger partial charge in [0.05, 0.1) is 21.7 Å². The number of nitro groups is 1. The quantitative estimate of drug-likeness (QED) is 0.209. The van der Waals surface area contributed by atoms with Crippen LogP contribution in [0.1, 0.15) is 31.1 Å². The van der Waals surface area contributed by atoms with Gasteiger partial charge in [0, 0.05) is 31.1 Å². The van der Waals surface area contributed by atoms with Crippen molar-refractivity contribution in [1.82, 2.24) is 0 Å². The largest absolute Gasteiger partial charge is 0.478 e. The van der Waals surface area contributed by atoms with Crippen LogP contribution in [0.4, 0.5) is 11.4 Å². The highest BCUT2D eigenvalue weighted by Gasteiger charge is 2.32. The van der Waals surface area contributed by atoms with Crippen molar-refractivity contribution in [2.45, 2.75) is 0 Å². The molecule has 0 aromatic heterocycles. The fourth-order valence-electron chi connectivity index (χ4n) is 2.87. The molecule has 0 unspecified atom stereocenters. The van der Waals surface area contributed by atoms with Gasteiger partial charge in [0.25, 0.3) is 17.5 Å².